The minimum absolute atomic E-state index is 0.325. The van der Waals surface area contributed by atoms with E-state index in [1.165, 1.54) is 7.11 Å². The highest BCUT2D eigenvalue weighted by Crippen LogP contribution is 2.45. The third-order valence-electron chi connectivity index (χ3n) is 6.26. The van der Waals surface area contributed by atoms with Crippen LogP contribution >= 0.6 is 0 Å². The molecule has 2 atom stereocenters. The normalized spacial score (nSPS) is 14.2. The fourth-order valence-electron chi connectivity index (χ4n) is 4.82. The van der Waals surface area contributed by atoms with Gasteiger partial charge >= 0.3 is 6.09 Å². The zero-order valence-corrected chi connectivity index (χ0v) is 21.5. The van der Waals surface area contributed by atoms with Crippen LogP contribution in [0, 0.1) is 0 Å². The van der Waals surface area contributed by atoms with Crippen LogP contribution in [0.1, 0.15) is 58.8 Å². The van der Waals surface area contributed by atoms with Crippen LogP contribution in [0.4, 0.5) is 4.79 Å². The van der Waals surface area contributed by atoms with Gasteiger partial charge in [0.15, 0.2) is 0 Å². The van der Waals surface area contributed by atoms with E-state index in [-0.39, 0.29) is 12.1 Å². The minimum Gasteiger partial charge on any atom is -0.453 e. The molecule has 2 aromatic rings. The summed E-state index contributed by atoms with van der Waals surface area (Å²) in [7, 11) is -0.842. The summed E-state index contributed by atoms with van der Waals surface area (Å²) in [6.07, 6.45) is 3.25. The van der Waals surface area contributed by atoms with Crippen molar-refractivity contribution in [2.24, 2.45) is 0 Å². The molecule has 174 valence electrons. The lowest BCUT2D eigenvalue weighted by molar-refractivity contribution is 0.130. The first-order chi connectivity index (χ1) is 15.2. The maximum Gasteiger partial charge on any atom is 0.407 e. The summed E-state index contributed by atoms with van der Waals surface area (Å²) in [5, 5.41) is 3.02. The Morgan fingerprint density at radius 2 is 1.34 bits per heavy atom. The molecule has 0 radical (unpaired) electrons. The van der Waals surface area contributed by atoms with Gasteiger partial charge in [-0.1, -0.05) is 114 Å². The molecular weight excluding hydrogens is 414 g/mol. The molecule has 0 bridgehead atoms. The second kappa shape index (κ2) is 12.0. The topological polar surface area (TPSA) is 47.6 Å². The van der Waals surface area contributed by atoms with E-state index in [1.54, 1.807) is 0 Å². The monoisotopic (exact) mass is 453 g/mol. The van der Waals surface area contributed by atoms with Gasteiger partial charge in [-0.2, -0.15) is 0 Å². The molecule has 0 spiro atoms. The third-order valence-corrected chi connectivity index (χ3v) is 12.3. The van der Waals surface area contributed by atoms with E-state index < -0.39 is 14.4 Å². The van der Waals surface area contributed by atoms with E-state index in [0.29, 0.717) is 16.6 Å². The first-order valence-corrected chi connectivity index (χ1v) is 13.7. The maximum atomic E-state index is 12.3. The fraction of sp³-hybridized carbons (Fsp3) is 0.444. The van der Waals surface area contributed by atoms with Gasteiger partial charge in [-0.3, -0.25) is 0 Å². The maximum absolute atomic E-state index is 12.3. The summed E-state index contributed by atoms with van der Waals surface area (Å²) in [6, 6.07) is 19.9. The first kappa shape index (κ1) is 25.9. The highest BCUT2D eigenvalue weighted by molar-refractivity contribution is 6.77. The summed E-state index contributed by atoms with van der Waals surface area (Å²) in [4.78, 5) is 12.3. The minimum atomic E-state index is -2.23. The molecule has 0 aromatic heterocycles. The van der Waals surface area contributed by atoms with Crippen molar-refractivity contribution in [2.75, 3.05) is 7.11 Å². The number of benzene rings is 2. The number of ether oxygens (including phenoxy) is 1. The zero-order chi connectivity index (χ0) is 23.7. The largest absolute Gasteiger partial charge is 0.453 e. The second-order valence-corrected chi connectivity index (χ2v) is 14.6. The molecule has 1 amide bonds. The van der Waals surface area contributed by atoms with Gasteiger partial charge in [0, 0.05) is 0 Å². The molecule has 0 fully saturated rings. The standard InChI is InChI=1S/C27H39NO3Si/c1-20(2)32(21(3)4,22(5)6)31-26(24-16-12-9-13-17-24)25(28-27(29)30-7)19-18-23-14-10-8-11-15-23/h8-22,25-26H,1-7H3,(H,28,29)/b19-18+/t25-,26+/m1/s1. The van der Waals surface area contributed by atoms with Crippen molar-refractivity contribution in [3.05, 3.63) is 77.9 Å². The predicted molar refractivity (Wildman–Crippen MR) is 136 cm³/mol. The van der Waals surface area contributed by atoms with E-state index in [1.807, 2.05) is 60.7 Å². The molecule has 0 aliphatic heterocycles. The van der Waals surface area contributed by atoms with Gasteiger partial charge in [-0.25, -0.2) is 4.79 Å². The van der Waals surface area contributed by atoms with Gasteiger partial charge in [0.05, 0.1) is 19.3 Å². The van der Waals surface area contributed by atoms with Crippen LogP contribution in [0.15, 0.2) is 66.7 Å². The van der Waals surface area contributed by atoms with Crippen LogP contribution < -0.4 is 5.32 Å². The number of methoxy groups -OCH3 is 1. The molecule has 0 aliphatic rings. The number of hydrogen-bond donors (Lipinski definition) is 1. The summed E-state index contributed by atoms with van der Waals surface area (Å²) in [5.41, 5.74) is 3.38. The van der Waals surface area contributed by atoms with Crippen LogP contribution in [-0.4, -0.2) is 27.6 Å². The Balaban J connectivity index is 2.57. The van der Waals surface area contributed by atoms with Crippen LogP contribution in [0.25, 0.3) is 6.08 Å². The first-order valence-electron chi connectivity index (χ1n) is 11.5. The Hall–Kier alpha value is -2.37. The molecule has 1 N–H and O–H groups in total. The van der Waals surface area contributed by atoms with Gasteiger partial charge in [-0.15, -0.1) is 0 Å². The van der Waals surface area contributed by atoms with Gasteiger partial charge < -0.3 is 14.5 Å². The average molecular weight is 454 g/mol. The third kappa shape index (κ3) is 6.33. The number of amides is 1. The van der Waals surface area contributed by atoms with E-state index >= 15 is 0 Å². The molecule has 0 heterocycles. The molecule has 0 aliphatic carbocycles. The van der Waals surface area contributed by atoms with Crippen molar-refractivity contribution in [1.29, 1.82) is 0 Å². The van der Waals surface area contributed by atoms with Gasteiger partial charge in [0.2, 0.25) is 8.32 Å². The smallest absolute Gasteiger partial charge is 0.407 e. The van der Waals surface area contributed by atoms with E-state index in [4.69, 9.17) is 9.16 Å². The summed E-state index contributed by atoms with van der Waals surface area (Å²) in [6.45, 7) is 13.6. The van der Waals surface area contributed by atoms with Crippen molar-refractivity contribution < 1.29 is 14.0 Å². The van der Waals surface area contributed by atoms with Crippen LogP contribution in [0.2, 0.25) is 16.6 Å². The summed E-state index contributed by atoms with van der Waals surface area (Å²) in [5.74, 6) is 0. The van der Waals surface area contributed by atoms with Crippen molar-refractivity contribution >= 4 is 20.5 Å². The molecule has 0 unspecified atom stereocenters. The molecule has 2 rings (SSSR count). The number of alkyl carbamates (subject to hydrolysis) is 1. The van der Waals surface area contributed by atoms with Gasteiger partial charge in [0.25, 0.3) is 0 Å². The Morgan fingerprint density at radius 1 is 0.844 bits per heavy atom. The molecular formula is C27H39NO3Si. The summed E-state index contributed by atoms with van der Waals surface area (Å²) >= 11 is 0. The second-order valence-electron chi connectivity index (χ2n) is 9.20. The fourth-order valence-corrected chi connectivity index (χ4v) is 10.4. The number of nitrogens with one attached hydrogen (secondary N) is 1. The van der Waals surface area contributed by atoms with Crippen LogP contribution in [-0.2, 0) is 9.16 Å². The SMILES string of the molecule is COC(=O)N[C@H](/C=C/c1ccccc1)[C@@H](O[Si](C(C)C)(C(C)C)C(C)C)c1ccccc1. The number of hydrogen-bond acceptors (Lipinski definition) is 3. The lowest BCUT2D eigenvalue weighted by atomic mass is 10.0. The molecule has 32 heavy (non-hydrogen) atoms. The van der Waals surface area contributed by atoms with Gasteiger partial charge in [-0.05, 0) is 27.8 Å². The predicted octanol–water partition coefficient (Wildman–Crippen LogP) is 7.36. The zero-order valence-electron chi connectivity index (χ0n) is 20.5. The highest BCUT2D eigenvalue weighted by Gasteiger charge is 2.47. The van der Waals surface area contributed by atoms with Crippen LogP contribution in [0.3, 0.4) is 0 Å². The van der Waals surface area contributed by atoms with Crippen molar-refractivity contribution in [1.82, 2.24) is 5.32 Å². The highest BCUT2D eigenvalue weighted by atomic mass is 28.4. The number of carbonyl (C=O) groups is 1. The molecule has 2 aromatic carbocycles. The Bertz CT molecular complexity index is 828. The average Bonchev–Trinajstić information content (AvgIpc) is 2.78. The van der Waals surface area contributed by atoms with E-state index in [9.17, 15) is 4.79 Å². The van der Waals surface area contributed by atoms with Gasteiger partial charge in [0.1, 0.15) is 0 Å². The van der Waals surface area contributed by atoms with Crippen LogP contribution in [0.5, 0.6) is 0 Å². The summed E-state index contributed by atoms with van der Waals surface area (Å²) < 4.78 is 12.2. The van der Waals surface area contributed by atoms with E-state index in [0.717, 1.165) is 11.1 Å². The molecule has 0 saturated heterocycles. The Morgan fingerprint density at radius 3 is 1.81 bits per heavy atom. The Kier molecular flexibility index (Phi) is 9.73. The molecule has 4 nitrogen and oxygen atoms in total. The van der Waals surface area contributed by atoms with Crippen molar-refractivity contribution in [3.63, 3.8) is 0 Å². The lowest BCUT2D eigenvalue weighted by Crippen LogP contribution is -2.51. The van der Waals surface area contributed by atoms with Crippen molar-refractivity contribution in [2.45, 2.75) is 70.3 Å². The molecule has 0 saturated carbocycles. The number of rotatable bonds is 10. The molecule has 5 heteroatoms. The Labute approximate surface area is 195 Å². The lowest BCUT2D eigenvalue weighted by Gasteiger charge is -2.46. The van der Waals surface area contributed by atoms with E-state index in [2.05, 4.69) is 59.0 Å². The number of carbonyl (C=O) groups excluding carboxylic acids is 1. The van der Waals surface area contributed by atoms with Crippen molar-refractivity contribution in [3.8, 4) is 0 Å². The quantitative estimate of drug-likeness (QED) is 0.382.